The number of aromatic carboxylic acids is 1. The predicted molar refractivity (Wildman–Crippen MR) is 72.4 cm³/mol. The molecule has 0 aromatic heterocycles. The van der Waals surface area contributed by atoms with Crippen molar-refractivity contribution in [2.75, 3.05) is 20.3 Å². The van der Waals surface area contributed by atoms with Crippen LogP contribution in [0.4, 0.5) is 0 Å². The van der Waals surface area contributed by atoms with Crippen molar-refractivity contribution in [2.24, 2.45) is 0 Å². The van der Waals surface area contributed by atoms with E-state index in [1.54, 1.807) is 13.2 Å². The first-order valence-electron chi connectivity index (χ1n) is 5.71. The van der Waals surface area contributed by atoms with Crippen LogP contribution in [0.5, 0.6) is 5.75 Å². The summed E-state index contributed by atoms with van der Waals surface area (Å²) in [4.78, 5) is 11.1. The normalized spacial score (nSPS) is 10.4. The highest BCUT2D eigenvalue weighted by molar-refractivity contribution is 9.10. The van der Waals surface area contributed by atoms with Crippen LogP contribution in [0.3, 0.4) is 0 Å². The molecule has 0 heterocycles. The smallest absolute Gasteiger partial charge is 0.339 e. The van der Waals surface area contributed by atoms with E-state index < -0.39 is 5.97 Å². The van der Waals surface area contributed by atoms with Gasteiger partial charge >= 0.3 is 5.97 Å². The Labute approximate surface area is 115 Å². The van der Waals surface area contributed by atoms with Crippen LogP contribution in [0.25, 0.3) is 0 Å². The first-order chi connectivity index (χ1) is 8.56. The third-order valence-electron chi connectivity index (χ3n) is 2.46. The molecule has 0 bridgehead atoms. The van der Waals surface area contributed by atoms with Crippen molar-refractivity contribution in [1.82, 2.24) is 0 Å². The zero-order valence-electron chi connectivity index (χ0n) is 10.5. The Balaban J connectivity index is 2.71. The SMILES string of the molecule is COCCCCOc1c(C)cc(Br)cc1C(=O)O. The van der Waals surface area contributed by atoms with Gasteiger partial charge in [0.2, 0.25) is 0 Å². The number of carbonyl (C=O) groups is 1. The summed E-state index contributed by atoms with van der Waals surface area (Å²) >= 11 is 3.28. The minimum absolute atomic E-state index is 0.189. The second-order valence-electron chi connectivity index (χ2n) is 3.95. The monoisotopic (exact) mass is 316 g/mol. The Kier molecular flexibility index (Phi) is 6.15. The molecule has 100 valence electrons. The Morgan fingerprint density at radius 1 is 1.33 bits per heavy atom. The Bertz CT molecular complexity index is 418. The first-order valence-corrected chi connectivity index (χ1v) is 6.50. The number of unbranched alkanes of at least 4 members (excludes halogenated alkanes) is 1. The number of benzene rings is 1. The van der Waals surface area contributed by atoms with Crippen molar-refractivity contribution in [2.45, 2.75) is 19.8 Å². The number of aryl methyl sites for hydroxylation is 1. The molecule has 0 atom stereocenters. The molecule has 1 rings (SSSR count). The second kappa shape index (κ2) is 7.38. The van der Waals surface area contributed by atoms with Crippen LogP contribution in [0.2, 0.25) is 0 Å². The van der Waals surface area contributed by atoms with Crippen molar-refractivity contribution in [1.29, 1.82) is 0 Å². The number of ether oxygens (including phenoxy) is 2. The highest BCUT2D eigenvalue weighted by Gasteiger charge is 2.14. The van der Waals surface area contributed by atoms with Crippen LogP contribution >= 0.6 is 15.9 Å². The van der Waals surface area contributed by atoms with Gasteiger partial charge in [0.15, 0.2) is 0 Å². The minimum Gasteiger partial charge on any atom is -0.492 e. The highest BCUT2D eigenvalue weighted by Crippen LogP contribution is 2.28. The predicted octanol–water partition coefficient (Wildman–Crippen LogP) is 3.26. The molecular formula is C13H17BrO4. The van der Waals surface area contributed by atoms with E-state index in [0.717, 1.165) is 22.9 Å². The molecule has 18 heavy (non-hydrogen) atoms. The molecule has 0 unspecified atom stereocenters. The highest BCUT2D eigenvalue weighted by atomic mass is 79.9. The zero-order valence-corrected chi connectivity index (χ0v) is 12.1. The third kappa shape index (κ3) is 4.31. The number of methoxy groups -OCH3 is 1. The molecule has 0 fully saturated rings. The van der Waals surface area contributed by atoms with E-state index in [-0.39, 0.29) is 5.56 Å². The van der Waals surface area contributed by atoms with Crippen LogP contribution in [0.1, 0.15) is 28.8 Å². The van der Waals surface area contributed by atoms with Gasteiger partial charge in [-0.1, -0.05) is 15.9 Å². The molecule has 0 aliphatic heterocycles. The van der Waals surface area contributed by atoms with Gasteiger partial charge in [0.1, 0.15) is 11.3 Å². The van der Waals surface area contributed by atoms with Gasteiger partial charge in [0.05, 0.1) is 6.61 Å². The Morgan fingerprint density at radius 3 is 2.61 bits per heavy atom. The summed E-state index contributed by atoms with van der Waals surface area (Å²) in [6.07, 6.45) is 1.73. The lowest BCUT2D eigenvalue weighted by Gasteiger charge is -2.12. The molecule has 0 saturated heterocycles. The van der Waals surface area contributed by atoms with E-state index in [4.69, 9.17) is 14.6 Å². The fourth-order valence-electron chi connectivity index (χ4n) is 1.60. The largest absolute Gasteiger partial charge is 0.492 e. The van der Waals surface area contributed by atoms with Gasteiger partial charge in [-0.3, -0.25) is 0 Å². The van der Waals surface area contributed by atoms with Crippen molar-refractivity contribution in [3.05, 3.63) is 27.7 Å². The standard InChI is InChI=1S/C13H17BrO4/c1-9-7-10(14)8-11(13(15)16)12(9)18-6-4-3-5-17-2/h7-8H,3-6H2,1-2H3,(H,15,16). The van der Waals surface area contributed by atoms with Crippen LogP contribution in [-0.4, -0.2) is 31.4 Å². The molecule has 1 N–H and O–H groups in total. The summed E-state index contributed by atoms with van der Waals surface area (Å²) in [5, 5.41) is 9.13. The molecule has 1 aromatic rings. The molecule has 0 amide bonds. The molecular weight excluding hydrogens is 300 g/mol. The Hall–Kier alpha value is -1.07. The average Bonchev–Trinajstić information content (AvgIpc) is 2.30. The van der Waals surface area contributed by atoms with Gasteiger partial charge in [-0.15, -0.1) is 0 Å². The maximum atomic E-state index is 11.1. The number of carboxylic acid groups (broad SMARTS) is 1. The zero-order chi connectivity index (χ0) is 13.5. The Morgan fingerprint density at radius 2 is 2.00 bits per heavy atom. The van der Waals surface area contributed by atoms with E-state index in [2.05, 4.69) is 15.9 Å². The quantitative estimate of drug-likeness (QED) is 0.784. The fourth-order valence-corrected chi connectivity index (χ4v) is 2.18. The molecule has 0 aliphatic rings. The maximum Gasteiger partial charge on any atom is 0.339 e. The molecule has 0 radical (unpaired) electrons. The van der Waals surface area contributed by atoms with Gasteiger partial charge in [-0.25, -0.2) is 4.79 Å². The summed E-state index contributed by atoms with van der Waals surface area (Å²) in [5.41, 5.74) is 1.00. The lowest BCUT2D eigenvalue weighted by Crippen LogP contribution is -2.07. The van der Waals surface area contributed by atoms with Crippen LogP contribution in [0, 0.1) is 6.92 Å². The summed E-state index contributed by atoms with van der Waals surface area (Å²) in [7, 11) is 1.66. The average molecular weight is 317 g/mol. The second-order valence-corrected chi connectivity index (χ2v) is 4.87. The summed E-state index contributed by atoms with van der Waals surface area (Å²) < 4.78 is 11.3. The van der Waals surface area contributed by atoms with Crippen LogP contribution in [0.15, 0.2) is 16.6 Å². The molecule has 0 spiro atoms. The van der Waals surface area contributed by atoms with Gasteiger partial charge in [0.25, 0.3) is 0 Å². The number of rotatable bonds is 7. The minimum atomic E-state index is -0.980. The fraction of sp³-hybridized carbons (Fsp3) is 0.462. The molecule has 0 aliphatic carbocycles. The van der Waals surface area contributed by atoms with Crippen LogP contribution in [-0.2, 0) is 4.74 Å². The topological polar surface area (TPSA) is 55.8 Å². The van der Waals surface area contributed by atoms with Gasteiger partial charge < -0.3 is 14.6 Å². The molecule has 5 heteroatoms. The van der Waals surface area contributed by atoms with Gasteiger partial charge in [-0.05, 0) is 37.5 Å². The summed E-state index contributed by atoms with van der Waals surface area (Å²) in [6.45, 7) is 3.02. The maximum absolute atomic E-state index is 11.1. The number of hydrogen-bond acceptors (Lipinski definition) is 3. The van der Waals surface area contributed by atoms with E-state index in [1.165, 1.54) is 0 Å². The molecule has 1 aromatic carbocycles. The van der Waals surface area contributed by atoms with Crippen molar-refractivity contribution < 1.29 is 19.4 Å². The summed E-state index contributed by atoms with van der Waals surface area (Å²) in [5.74, 6) is -0.533. The van der Waals surface area contributed by atoms with Crippen molar-refractivity contribution in [3.8, 4) is 5.75 Å². The van der Waals surface area contributed by atoms with E-state index in [0.29, 0.717) is 19.0 Å². The lowest BCUT2D eigenvalue weighted by atomic mass is 10.1. The van der Waals surface area contributed by atoms with E-state index >= 15 is 0 Å². The van der Waals surface area contributed by atoms with Crippen molar-refractivity contribution in [3.63, 3.8) is 0 Å². The lowest BCUT2D eigenvalue weighted by molar-refractivity contribution is 0.0691. The number of hydrogen-bond donors (Lipinski definition) is 1. The molecule has 0 saturated carbocycles. The van der Waals surface area contributed by atoms with E-state index in [1.807, 2.05) is 13.0 Å². The van der Waals surface area contributed by atoms with Gasteiger partial charge in [0, 0.05) is 18.2 Å². The van der Waals surface area contributed by atoms with Crippen LogP contribution < -0.4 is 4.74 Å². The number of carboxylic acids is 1. The van der Waals surface area contributed by atoms with Gasteiger partial charge in [-0.2, -0.15) is 0 Å². The first kappa shape index (κ1) is 15.0. The van der Waals surface area contributed by atoms with E-state index in [9.17, 15) is 4.79 Å². The molecule has 4 nitrogen and oxygen atoms in total. The number of halogens is 1. The summed E-state index contributed by atoms with van der Waals surface area (Å²) in [6, 6.07) is 3.40. The third-order valence-corrected chi connectivity index (χ3v) is 2.92. The van der Waals surface area contributed by atoms with Crippen molar-refractivity contribution >= 4 is 21.9 Å².